The summed E-state index contributed by atoms with van der Waals surface area (Å²) < 4.78 is 27.7. The molecule has 0 atom stereocenters. The van der Waals surface area contributed by atoms with Crippen molar-refractivity contribution >= 4 is 21.8 Å². The molecule has 0 radical (unpaired) electrons. The van der Waals surface area contributed by atoms with Crippen LogP contribution in [0.4, 0.5) is 0 Å². The topological polar surface area (TPSA) is 46.2 Å². The average Bonchev–Trinajstić information content (AvgIpc) is 2.46. The Balaban J connectivity index is 2.05. The second kappa shape index (κ2) is 6.86. The second-order valence-corrected chi connectivity index (χ2v) is 8.64. The summed E-state index contributed by atoms with van der Waals surface area (Å²) in [7, 11) is -3.50. The number of benzene rings is 2. The van der Waals surface area contributed by atoms with E-state index < -0.39 is 15.6 Å². The van der Waals surface area contributed by atoms with Crippen molar-refractivity contribution in [3.63, 3.8) is 0 Å². The fourth-order valence-electron chi connectivity index (χ4n) is 1.95. The van der Waals surface area contributed by atoms with E-state index in [1.54, 1.807) is 36.0 Å². The lowest BCUT2D eigenvalue weighted by Crippen LogP contribution is -2.45. The number of rotatable bonds is 6. The first-order valence-electron chi connectivity index (χ1n) is 7.07. The number of hydrogen-bond acceptors (Lipinski definition) is 3. The zero-order valence-corrected chi connectivity index (χ0v) is 14.7. The highest BCUT2D eigenvalue weighted by atomic mass is 32.2. The highest BCUT2D eigenvalue weighted by Crippen LogP contribution is 2.23. The molecule has 0 fully saturated rings. The van der Waals surface area contributed by atoms with Crippen LogP contribution in [0.5, 0.6) is 0 Å². The highest BCUT2D eigenvalue weighted by Gasteiger charge is 2.26. The predicted octanol–water partition coefficient (Wildman–Crippen LogP) is 3.84. The predicted molar refractivity (Wildman–Crippen MR) is 92.7 cm³/mol. The Bertz CT molecular complexity index is 708. The van der Waals surface area contributed by atoms with Crippen molar-refractivity contribution in [2.45, 2.75) is 36.1 Å². The van der Waals surface area contributed by atoms with Crippen LogP contribution in [0.15, 0.2) is 64.4 Å². The van der Waals surface area contributed by atoms with E-state index in [2.05, 4.69) is 4.72 Å². The monoisotopic (exact) mass is 335 g/mol. The second-order valence-electron chi connectivity index (χ2n) is 5.90. The van der Waals surface area contributed by atoms with Crippen molar-refractivity contribution in [1.29, 1.82) is 0 Å². The number of hydrogen-bond donors (Lipinski definition) is 1. The van der Waals surface area contributed by atoms with Crippen LogP contribution in [0.1, 0.15) is 19.4 Å². The lowest BCUT2D eigenvalue weighted by molar-refractivity contribution is 0.498. The van der Waals surface area contributed by atoms with E-state index >= 15 is 0 Å². The van der Waals surface area contributed by atoms with Crippen molar-refractivity contribution in [3.8, 4) is 0 Å². The summed E-state index contributed by atoms with van der Waals surface area (Å²) in [6, 6.07) is 16.9. The quantitative estimate of drug-likeness (QED) is 0.816. The molecule has 0 aromatic heterocycles. The Morgan fingerprint density at radius 2 is 1.59 bits per heavy atom. The Hall–Kier alpha value is -1.30. The minimum absolute atomic E-state index is 0.302. The van der Waals surface area contributed by atoms with Gasteiger partial charge in [0, 0.05) is 16.2 Å². The molecule has 0 aliphatic carbocycles. The summed E-state index contributed by atoms with van der Waals surface area (Å²) in [6.07, 6.45) is 0. The van der Waals surface area contributed by atoms with Crippen molar-refractivity contribution < 1.29 is 8.42 Å². The number of sulfonamides is 1. The van der Waals surface area contributed by atoms with Gasteiger partial charge in [-0.25, -0.2) is 13.1 Å². The Morgan fingerprint density at radius 1 is 1.00 bits per heavy atom. The normalized spacial score (nSPS) is 12.3. The van der Waals surface area contributed by atoms with E-state index in [0.29, 0.717) is 10.6 Å². The summed E-state index contributed by atoms with van der Waals surface area (Å²) in [5, 5.41) is 0. The van der Waals surface area contributed by atoms with Crippen molar-refractivity contribution in [2.24, 2.45) is 0 Å². The van der Waals surface area contributed by atoms with Gasteiger partial charge in [0.05, 0.1) is 4.90 Å². The van der Waals surface area contributed by atoms with Gasteiger partial charge in [0.2, 0.25) is 10.0 Å². The first kappa shape index (κ1) is 17.1. The molecule has 0 saturated heterocycles. The standard InChI is InChI=1S/C17H21NO2S2/c1-14-9-11-16(12-10-14)22(19,20)18-17(2,3)13-21-15-7-5-4-6-8-15/h4-12,18H,13H2,1-3H3. The lowest BCUT2D eigenvalue weighted by Gasteiger charge is -2.25. The summed E-state index contributed by atoms with van der Waals surface area (Å²) in [4.78, 5) is 1.43. The molecule has 2 rings (SSSR count). The largest absolute Gasteiger partial charge is 0.241 e. The van der Waals surface area contributed by atoms with E-state index in [9.17, 15) is 8.42 Å². The van der Waals surface area contributed by atoms with Crippen LogP contribution in [0.2, 0.25) is 0 Å². The van der Waals surface area contributed by atoms with Gasteiger partial charge >= 0.3 is 0 Å². The van der Waals surface area contributed by atoms with Crippen molar-refractivity contribution in [2.75, 3.05) is 5.75 Å². The SMILES string of the molecule is Cc1ccc(S(=O)(=O)NC(C)(C)CSc2ccccc2)cc1. The molecule has 0 unspecified atom stereocenters. The molecule has 2 aromatic carbocycles. The maximum atomic E-state index is 12.5. The zero-order valence-electron chi connectivity index (χ0n) is 13.0. The van der Waals surface area contributed by atoms with Gasteiger partial charge in [0.25, 0.3) is 0 Å². The third-order valence-corrected chi connectivity index (χ3v) is 6.27. The summed E-state index contributed by atoms with van der Waals surface area (Å²) in [5.41, 5.74) is 0.502. The fourth-order valence-corrected chi connectivity index (χ4v) is 4.40. The van der Waals surface area contributed by atoms with Gasteiger partial charge in [0.15, 0.2) is 0 Å². The molecule has 0 amide bonds. The molecule has 0 aliphatic heterocycles. The maximum Gasteiger partial charge on any atom is 0.241 e. The smallest absolute Gasteiger partial charge is 0.207 e. The minimum Gasteiger partial charge on any atom is -0.207 e. The summed E-state index contributed by atoms with van der Waals surface area (Å²) in [5.74, 6) is 0.655. The van der Waals surface area contributed by atoms with Gasteiger partial charge in [-0.3, -0.25) is 0 Å². The number of nitrogens with one attached hydrogen (secondary N) is 1. The van der Waals surface area contributed by atoms with Crippen LogP contribution >= 0.6 is 11.8 Å². The molecule has 5 heteroatoms. The van der Waals surface area contributed by atoms with Gasteiger partial charge in [-0.15, -0.1) is 11.8 Å². The molecule has 0 heterocycles. The van der Waals surface area contributed by atoms with E-state index in [1.165, 1.54) is 0 Å². The van der Waals surface area contributed by atoms with E-state index in [4.69, 9.17) is 0 Å². The van der Waals surface area contributed by atoms with Crippen LogP contribution < -0.4 is 4.72 Å². The molecule has 0 bridgehead atoms. The molecular formula is C17H21NO2S2. The van der Waals surface area contributed by atoms with Gasteiger partial charge in [-0.05, 0) is 45.0 Å². The first-order chi connectivity index (χ1) is 10.3. The average molecular weight is 335 g/mol. The fraction of sp³-hybridized carbons (Fsp3) is 0.294. The zero-order chi connectivity index (χ0) is 16.2. The summed E-state index contributed by atoms with van der Waals surface area (Å²) >= 11 is 1.64. The minimum atomic E-state index is -3.50. The van der Waals surface area contributed by atoms with E-state index in [0.717, 1.165) is 10.5 Å². The first-order valence-corrected chi connectivity index (χ1v) is 9.54. The van der Waals surface area contributed by atoms with Crippen LogP contribution in [-0.2, 0) is 10.0 Å². The third kappa shape index (κ3) is 4.87. The lowest BCUT2D eigenvalue weighted by atomic mass is 10.1. The molecule has 0 spiro atoms. The van der Waals surface area contributed by atoms with Crippen LogP contribution in [0.3, 0.4) is 0 Å². The number of thioether (sulfide) groups is 1. The van der Waals surface area contributed by atoms with E-state index in [-0.39, 0.29) is 0 Å². The Morgan fingerprint density at radius 3 is 2.18 bits per heavy atom. The van der Waals surface area contributed by atoms with E-state index in [1.807, 2.05) is 51.1 Å². The van der Waals surface area contributed by atoms with Gasteiger partial charge in [-0.2, -0.15) is 0 Å². The van der Waals surface area contributed by atoms with Gasteiger partial charge in [0.1, 0.15) is 0 Å². The van der Waals surface area contributed by atoms with Crippen LogP contribution in [0, 0.1) is 6.92 Å². The van der Waals surface area contributed by atoms with Crippen molar-refractivity contribution in [3.05, 3.63) is 60.2 Å². The molecular weight excluding hydrogens is 314 g/mol. The molecule has 1 N–H and O–H groups in total. The maximum absolute atomic E-state index is 12.5. The van der Waals surface area contributed by atoms with Crippen LogP contribution in [0.25, 0.3) is 0 Å². The molecule has 118 valence electrons. The highest BCUT2D eigenvalue weighted by molar-refractivity contribution is 7.99. The van der Waals surface area contributed by atoms with Crippen LogP contribution in [-0.4, -0.2) is 19.7 Å². The number of aryl methyl sites for hydroxylation is 1. The Kier molecular flexibility index (Phi) is 5.32. The molecule has 2 aromatic rings. The molecule has 22 heavy (non-hydrogen) atoms. The third-order valence-electron chi connectivity index (χ3n) is 3.08. The molecule has 3 nitrogen and oxygen atoms in total. The summed E-state index contributed by atoms with van der Waals surface area (Å²) in [6.45, 7) is 5.73. The van der Waals surface area contributed by atoms with Gasteiger partial charge in [-0.1, -0.05) is 35.9 Å². The molecule has 0 aliphatic rings. The van der Waals surface area contributed by atoms with Gasteiger partial charge < -0.3 is 0 Å². The Labute approximate surface area is 137 Å². The van der Waals surface area contributed by atoms with Crippen molar-refractivity contribution in [1.82, 2.24) is 4.72 Å². The molecule has 0 saturated carbocycles.